The van der Waals surface area contributed by atoms with Crippen molar-refractivity contribution in [2.24, 2.45) is 0 Å². The molecule has 2 fully saturated rings. The average Bonchev–Trinajstić information content (AvgIpc) is 3.12. The second-order valence-electron chi connectivity index (χ2n) is 5.45. The van der Waals surface area contributed by atoms with Crippen LogP contribution in [0.2, 0.25) is 0 Å². The Hall–Kier alpha value is -0.650. The lowest BCUT2D eigenvalue weighted by atomic mass is 10.3. The van der Waals surface area contributed by atoms with Crippen LogP contribution in [0.5, 0.6) is 0 Å². The number of piperazine rings is 1. The number of hydrogen-bond donors (Lipinski definition) is 1. The molecule has 0 bridgehead atoms. The van der Waals surface area contributed by atoms with Crippen molar-refractivity contribution in [3.05, 3.63) is 10.6 Å². The molecule has 1 aromatic heterocycles. The fourth-order valence-electron chi connectivity index (χ4n) is 2.23. The van der Waals surface area contributed by atoms with Gasteiger partial charge in [-0.05, 0) is 26.8 Å². The van der Waals surface area contributed by atoms with E-state index < -0.39 is 0 Å². The van der Waals surface area contributed by atoms with Gasteiger partial charge in [-0.1, -0.05) is 0 Å². The Morgan fingerprint density at radius 1 is 1.28 bits per heavy atom. The lowest BCUT2D eigenvalue weighted by molar-refractivity contribution is 0.312. The summed E-state index contributed by atoms with van der Waals surface area (Å²) < 4.78 is 0. The van der Waals surface area contributed by atoms with E-state index in [0.29, 0.717) is 0 Å². The molecule has 4 nitrogen and oxygen atoms in total. The molecule has 100 valence electrons. The summed E-state index contributed by atoms with van der Waals surface area (Å²) in [6.45, 7) is 7.66. The highest BCUT2D eigenvalue weighted by Crippen LogP contribution is 2.28. The van der Waals surface area contributed by atoms with Crippen LogP contribution in [0.4, 0.5) is 5.13 Å². The Balaban J connectivity index is 1.63. The molecule has 0 amide bonds. The number of thiazole rings is 1. The van der Waals surface area contributed by atoms with E-state index in [1.165, 1.54) is 28.5 Å². The number of anilines is 1. The van der Waals surface area contributed by atoms with E-state index in [1.807, 2.05) is 11.3 Å². The molecule has 1 aromatic rings. The number of nitrogens with one attached hydrogen (secondary N) is 1. The van der Waals surface area contributed by atoms with Crippen LogP contribution in [0.15, 0.2) is 0 Å². The van der Waals surface area contributed by atoms with E-state index >= 15 is 0 Å². The molecule has 0 spiro atoms. The molecule has 1 aliphatic carbocycles. The third-order valence-electron chi connectivity index (χ3n) is 3.78. The third-order valence-corrected chi connectivity index (χ3v) is 5.00. The fourth-order valence-corrected chi connectivity index (χ4v) is 3.30. The molecule has 3 rings (SSSR count). The maximum atomic E-state index is 4.74. The van der Waals surface area contributed by atoms with E-state index in [2.05, 4.69) is 29.1 Å². The van der Waals surface area contributed by atoms with E-state index in [4.69, 9.17) is 4.98 Å². The first kappa shape index (κ1) is 12.4. The predicted octanol–water partition coefficient (Wildman–Crippen LogP) is 1.46. The van der Waals surface area contributed by atoms with Gasteiger partial charge in [0.1, 0.15) is 0 Å². The molecular formula is C13H22N4S. The number of rotatable bonds is 4. The lowest BCUT2D eigenvalue weighted by Gasteiger charge is -2.32. The number of hydrogen-bond acceptors (Lipinski definition) is 5. The number of aromatic nitrogens is 1. The summed E-state index contributed by atoms with van der Waals surface area (Å²) in [4.78, 5) is 11.0. The van der Waals surface area contributed by atoms with Gasteiger partial charge in [0.05, 0.1) is 5.69 Å². The summed E-state index contributed by atoms with van der Waals surface area (Å²) in [5.41, 5.74) is 1.21. The largest absolute Gasteiger partial charge is 0.346 e. The molecule has 0 unspecified atom stereocenters. The van der Waals surface area contributed by atoms with Gasteiger partial charge >= 0.3 is 0 Å². The molecule has 0 aromatic carbocycles. The Bertz CT molecular complexity index is 405. The minimum atomic E-state index is 0.776. The van der Waals surface area contributed by atoms with E-state index in [1.54, 1.807) is 0 Å². The third kappa shape index (κ3) is 2.84. The summed E-state index contributed by atoms with van der Waals surface area (Å²) in [7, 11) is 2.19. The van der Waals surface area contributed by atoms with Gasteiger partial charge < -0.3 is 15.1 Å². The summed E-state index contributed by atoms with van der Waals surface area (Å²) in [5.74, 6) is 0. The zero-order valence-corrected chi connectivity index (χ0v) is 12.1. The van der Waals surface area contributed by atoms with Gasteiger partial charge in [-0.15, -0.1) is 11.3 Å². The van der Waals surface area contributed by atoms with Gasteiger partial charge in [-0.2, -0.15) is 0 Å². The van der Waals surface area contributed by atoms with Crippen LogP contribution in [0.3, 0.4) is 0 Å². The molecule has 1 saturated heterocycles. The van der Waals surface area contributed by atoms with Crippen molar-refractivity contribution in [1.29, 1.82) is 0 Å². The first-order chi connectivity index (χ1) is 8.72. The minimum absolute atomic E-state index is 0.776. The fraction of sp³-hybridized carbons (Fsp3) is 0.769. The van der Waals surface area contributed by atoms with E-state index in [0.717, 1.165) is 38.8 Å². The number of likely N-dealkylation sites (N-methyl/N-ethyl adjacent to an activating group) is 1. The first-order valence-electron chi connectivity index (χ1n) is 6.85. The summed E-state index contributed by atoms with van der Waals surface area (Å²) >= 11 is 1.87. The van der Waals surface area contributed by atoms with Gasteiger partial charge in [0.2, 0.25) is 0 Å². The Kier molecular flexibility index (Phi) is 3.54. The quantitative estimate of drug-likeness (QED) is 0.894. The molecule has 0 atom stereocenters. The van der Waals surface area contributed by atoms with Crippen LogP contribution in [-0.4, -0.2) is 49.2 Å². The highest BCUT2D eigenvalue weighted by molar-refractivity contribution is 7.15. The van der Waals surface area contributed by atoms with Crippen LogP contribution in [0.1, 0.15) is 23.4 Å². The lowest BCUT2D eigenvalue weighted by Crippen LogP contribution is -2.44. The second-order valence-corrected chi connectivity index (χ2v) is 6.51. The molecule has 1 N–H and O–H groups in total. The van der Waals surface area contributed by atoms with E-state index in [-0.39, 0.29) is 0 Å². The standard InChI is InChI=1S/C13H22N4S/c1-10-12(9-14-11-3-4-11)18-13(15-10)17-7-5-16(2)6-8-17/h11,14H,3-9H2,1-2H3. The van der Waals surface area contributed by atoms with Crippen LogP contribution in [0.25, 0.3) is 0 Å². The van der Waals surface area contributed by atoms with Crippen molar-refractivity contribution in [1.82, 2.24) is 15.2 Å². The highest BCUT2D eigenvalue weighted by Gasteiger charge is 2.22. The molecule has 2 aliphatic rings. The van der Waals surface area contributed by atoms with Crippen molar-refractivity contribution in [3.8, 4) is 0 Å². The molecule has 0 radical (unpaired) electrons. The van der Waals surface area contributed by atoms with Gasteiger partial charge in [0.15, 0.2) is 5.13 Å². The maximum Gasteiger partial charge on any atom is 0.185 e. The Morgan fingerprint density at radius 3 is 2.67 bits per heavy atom. The maximum absolute atomic E-state index is 4.74. The van der Waals surface area contributed by atoms with Gasteiger partial charge in [-0.25, -0.2) is 4.98 Å². The van der Waals surface area contributed by atoms with Gasteiger partial charge in [0.25, 0.3) is 0 Å². The zero-order chi connectivity index (χ0) is 12.5. The molecule has 5 heteroatoms. The van der Waals surface area contributed by atoms with Crippen molar-refractivity contribution < 1.29 is 0 Å². The summed E-state index contributed by atoms with van der Waals surface area (Å²) in [6, 6.07) is 0.776. The zero-order valence-electron chi connectivity index (χ0n) is 11.3. The number of nitrogens with zero attached hydrogens (tertiary/aromatic N) is 3. The van der Waals surface area contributed by atoms with Crippen LogP contribution >= 0.6 is 11.3 Å². The highest BCUT2D eigenvalue weighted by atomic mass is 32.1. The molecule has 2 heterocycles. The minimum Gasteiger partial charge on any atom is -0.346 e. The normalized spacial score (nSPS) is 21.6. The molecule has 1 saturated carbocycles. The number of aryl methyl sites for hydroxylation is 1. The molecular weight excluding hydrogens is 244 g/mol. The summed E-state index contributed by atoms with van der Waals surface area (Å²) in [6.07, 6.45) is 2.70. The monoisotopic (exact) mass is 266 g/mol. The summed E-state index contributed by atoms with van der Waals surface area (Å²) in [5, 5.41) is 4.80. The first-order valence-corrected chi connectivity index (χ1v) is 7.67. The topological polar surface area (TPSA) is 31.4 Å². The SMILES string of the molecule is Cc1nc(N2CCN(C)CC2)sc1CNC1CC1. The predicted molar refractivity (Wildman–Crippen MR) is 76.4 cm³/mol. The van der Waals surface area contributed by atoms with Gasteiger partial charge in [0, 0.05) is 43.6 Å². The van der Waals surface area contributed by atoms with Crippen LogP contribution < -0.4 is 10.2 Å². The van der Waals surface area contributed by atoms with Crippen molar-refractivity contribution in [2.45, 2.75) is 32.4 Å². The molecule has 18 heavy (non-hydrogen) atoms. The Labute approximate surface area is 113 Å². The second kappa shape index (κ2) is 5.15. The van der Waals surface area contributed by atoms with Crippen molar-refractivity contribution >= 4 is 16.5 Å². The van der Waals surface area contributed by atoms with Crippen molar-refractivity contribution in [3.63, 3.8) is 0 Å². The van der Waals surface area contributed by atoms with Crippen LogP contribution in [-0.2, 0) is 6.54 Å². The Morgan fingerprint density at radius 2 is 2.00 bits per heavy atom. The van der Waals surface area contributed by atoms with Crippen LogP contribution in [0, 0.1) is 6.92 Å². The smallest absolute Gasteiger partial charge is 0.185 e. The van der Waals surface area contributed by atoms with E-state index in [9.17, 15) is 0 Å². The molecule has 1 aliphatic heterocycles. The van der Waals surface area contributed by atoms with Crippen molar-refractivity contribution in [2.75, 3.05) is 38.1 Å². The van der Waals surface area contributed by atoms with Gasteiger partial charge in [-0.3, -0.25) is 0 Å². The average molecular weight is 266 g/mol.